The number of benzene rings is 1. The molecular weight excluding hydrogens is 420 g/mol. The van der Waals surface area contributed by atoms with Gasteiger partial charge in [0.05, 0.1) is 5.39 Å². The summed E-state index contributed by atoms with van der Waals surface area (Å²) >= 11 is 1.86. The molecule has 1 aliphatic carbocycles. The molecule has 0 unspecified atom stereocenters. The van der Waals surface area contributed by atoms with Crippen LogP contribution in [0.4, 0.5) is 5.82 Å². The van der Waals surface area contributed by atoms with E-state index in [0.717, 1.165) is 48.2 Å². The van der Waals surface area contributed by atoms with Gasteiger partial charge in [0, 0.05) is 37.0 Å². The lowest BCUT2D eigenvalue weighted by molar-refractivity contribution is -0.133. The van der Waals surface area contributed by atoms with Crippen LogP contribution in [0.5, 0.6) is 5.75 Å². The van der Waals surface area contributed by atoms with Crippen LogP contribution in [0.25, 0.3) is 10.2 Å². The molecule has 2 aliphatic rings. The van der Waals surface area contributed by atoms with Gasteiger partial charge in [-0.3, -0.25) is 4.79 Å². The number of carbonyl (C=O) groups excluding carboxylic acids is 1. The van der Waals surface area contributed by atoms with Crippen molar-refractivity contribution in [1.82, 2.24) is 14.9 Å². The number of aryl methyl sites for hydroxylation is 2. The molecule has 0 radical (unpaired) electrons. The minimum Gasteiger partial charge on any atom is -0.484 e. The summed E-state index contributed by atoms with van der Waals surface area (Å²) in [6.07, 6.45) is 4.80. The summed E-state index contributed by atoms with van der Waals surface area (Å²) in [5, 5.41) is 1.27. The van der Waals surface area contributed by atoms with Crippen LogP contribution in [0.15, 0.2) is 30.3 Å². The summed E-state index contributed by atoms with van der Waals surface area (Å²) in [7, 11) is 0. The molecule has 1 amide bonds. The second kappa shape index (κ2) is 9.06. The van der Waals surface area contributed by atoms with Gasteiger partial charge in [0.15, 0.2) is 6.61 Å². The van der Waals surface area contributed by atoms with Gasteiger partial charge in [0.25, 0.3) is 5.91 Å². The number of rotatable bonds is 5. The summed E-state index contributed by atoms with van der Waals surface area (Å²) in [5.74, 6) is 3.05. The predicted octanol–water partition coefficient (Wildman–Crippen LogP) is 4.42. The summed E-state index contributed by atoms with van der Waals surface area (Å²) in [6.45, 7) is 7.33. The van der Waals surface area contributed by atoms with Crippen LogP contribution >= 0.6 is 11.3 Å². The highest BCUT2D eigenvalue weighted by Gasteiger charge is 2.28. The molecule has 32 heavy (non-hydrogen) atoms. The van der Waals surface area contributed by atoms with Gasteiger partial charge in [-0.2, -0.15) is 0 Å². The number of hydrogen-bond donors (Lipinski definition) is 0. The van der Waals surface area contributed by atoms with Crippen molar-refractivity contribution >= 4 is 33.3 Å². The summed E-state index contributed by atoms with van der Waals surface area (Å²) in [5.41, 5.74) is 1.47. The van der Waals surface area contributed by atoms with Gasteiger partial charge in [-0.1, -0.05) is 32.0 Å². The van der Waals surface area contributed by atoms with E-state index >= 15 is 0 Å². The maximum absolute atomic E-state index is 12.7. The average Bonchev–Trinajstić information content (AvgIpc) is 3.21. The number of piperazine rings is 1. The van der Waals surface area contributed by atoms with Crippen molar-refractivity contribution in [1.29, 1.82) is 0 Å². The van der Waals surface area contributed by atoms with Crippen molar-refractivity contribution < 1.29 is 9.53 Å². The Labute approximate surface area is 193 Å². The van der Waals surface area contributed by atoms with Crippen LogP contribution in [0, 0.1) is 0 Å². The fourth-order valence-corrected chi connectivity index (χ4v) is 5.82. The van der Waals surface area contributed by atoms with E-state index in [1.165, 1.54) is 28.7 Å². The van der Waals surface area contributed by atoms with E-state index in [4.69, 9.17) is 14.7 Å². The van der Waals surface area contributed by atoms with Crippen molar-refractivity contribution in [2.75, 3.05) is 37.7 Å². The first-order chi connectivity index (χ1) is 15.6. The second-order valence-electron chi connectivity index (χ2n) is 8.92. The van der Waals surface area contributed by atoms with E-state index in [0.29, 0.717) is 13.1 Å². The average molecular weight is 451 g/mol. The molecule has 1 aromatic carbocycles. The number of aromatic nitrogens is 2. The van der Waals surface area contributed by atoms with Gasteiger partial charge < -0.3 is 14.5 Å². The lowest BCUT2D eigenvalue weighted by Crippen LogP contribution is -2.50. The number of hydrogen-bond acceptors (Lipinski definition) is 6. The number of carbonyl (C=O) groups is 1. The Bertz CT molecular complexity index is 1100. The van der Waals surface area contributed by atoms with Crippen LogP contribution in [0.2, 0.25) is 0 Å². The molecule has 0 spiro atoms. The van der Waals surface area contributed by atoms with Crippen LogP contribution in [0.3, 0.4) is 0 Å². The molecular formula is C25H30N4O2S. The van der Waals surface area contributed by atoms with E-state index in [1.54, 1.807) is 0 Å². The van der Waals surface area contributed by atoms with Crippen LogP contribution in [0.1, 0.15) is 48.9 Å². The molecule has 0 N–H and O–H groups in total. The second-order valence-corrected chi connectivity index (χ2v) is 10.0. The molecule has 3 heterocycles. The molecule has 0 atom stereocenters. The van der Waals surface area contributed by atoms with Gasteiger partial charge in [0.1, 0.15) is 22.2 Å². The quantitative estimate of drug-likeness (QED) is 0.576. The molecule has 1 fully saturated rings. The van der Waals surface area contributed by atoms with Gasteiger partial charge in [-0.05, 0) is 43.4 Å². The molecule has 168 valence electrons. The third kappa shape index (κ3) is 4.18. The number of anilines is 1. The zero-order valence-electron chi connectivity index (χ0n) is 18.8. The Kier molecular flexibility index (Phi) is 6.00. The number of amides is 1. The minimum absolute atomic E-state index is 0.0390. The fraction of sp³-hybridized carbons (Fsp3) is 0.480. The fourth-order valence-electron chi connectivity index (χ4n) is 4.56. The number of thiophene rings is 1. The molecule has 0 bridgehead atoms. The summed E-state index contributed by atoms with van der Waals surface area (Å²) < 4.78 is 5.66. The Balaban J connectivity index is 1.33. The summed E-state index contributed by atoms with van der Waals surface area (Å²) in [6, 6.07) is 9.51. The lowest BCUT2D eigenvalue weighted by Gasteiger charge is -2.36. The molecule has 2 aromatic heterocycles. The number of para-hydroxylation sites is 1. The topological polar surface area (TPSA) is 58.6 Å². The first kappa shape index (κ1) is 21.2. The molecule has 3 aromatic rings. The summed E-state index contributed by atoms with van der Waals surface area (Å²) in [4.78, 5) is 29.6. The first-order valence-electron chi connectivity index (χ1n) is 11.6. The van der Waals surface area contributed by atoms with Crippen LogP contribution < -0.4 is 9.64 Å². The highest BCUT2D eigenvalue weighted by atomic mass is 32.1. The maximum Gasteiger partial charge on any atom is 0.260 e. The van der Waals surface area contributed by atoms with Crippen molar-refractivity contribution in [2.45, 2.75) is 45.4 Å². The largest absolute Gasteiger partial charge is 0.484 e. The van der Waals surface area contributed by atoms with Crippen molar-refractivity contribution in [3.05, 3.63) is 46.6 Å². The molecule has 5 rings (SSSR count). The third-order valence-electron chi connectivity index (χ3n) is 6.37. The van der Waals surface area contributed by atoms with E-state index < -0.39 is 0 Å². The predicted molar refractivity (Wildman–Crippen MR) is 129 cm³/mol. The van der Waals surface area contributed by atoms with Crippen molar-refractivity contribution in [3.8, 4) is 5.75 Å². The molecule has 6 nitrogen and oxygen atoms in total. The van der Waals surface area contributed by atoms with E-state index in [9.17, 15) is 4.79 Å². The van der Waals surface area contributed by atoms with E-state index in [-0.39, 0.29) is 18.4 Å². The standard InChI is InChI=1S/C25H30N4O2S/c1-17(2)23-26-24(22-19-10-6-7-11-20(19)32-25(22)27-23)29-14-12-28(13-15-29)21(30)16-31-18-8-4-3-5-9-18/h3-5,8-9,17H,6-7,10-16H2,1-2H3. The molecule has 1 aliphatic heterocycles. The van der Waals surface area contributed by atoms with Gasteiger partial charge in [-0.25, -0.2) is 9.97 Å². The highest BCUT2D eigenvalue weighted by Crippen LogP contribution is 2.40. The normalized spacial score (nSPS) is 16.5. The van der Waals surface area contributed by atoms with Crippen molar-refractivity contribution in [2.24, 2.45) is 0 Å². The smallest absolute Gasteiger partial charge is 0.260 e. The van der Waals surface area contributed by atoms with Gasteiger partial charge in [0.2, 0.25) is 0 Å². The number of ether oxygens (including phenoxy) is 1. The zero-order chi connectivity index (χ0) is 22.1. The van der Waals surface area contributed by atoms with E-state index in [2.05, 4.69) is 18.7 Å². The van der Waals surface area contributed by atoms with Crippen molar-refractivity contribution in [3.63, 3.8) is 0 Å². The molecule has 1 saturated heterocycles. The van der Waals surface area contributed by atoms with E-state index in [1.807, 2.05) is 46.6 Å². The highest BCUT2D eigenvalue weighted by molar-refractivity contribution is 7.19. The molecule has 0 saturated carbocycles. The lowest BCUT2D eigenvalue weighted by atomic mass is 9.96. The van der Waals surface area contributed by atoms with Crippen LogP contribution in [-0.4, -0.2) is 53.6 Å². The van der Waals surface area contributed by atoms with Gasteiger partial charge in [-0.15, -0.1) is 11.3 Å². The minimum atomic E-state index is 0.0390. The van der Waals surface area contributed by atoms with Gasteiger partial charge >= 0.3 is 0 Å². The maximum atomic E-state index is 12.7. The SMILES string of the molecule is CC(C)c1nc(N2CCN(C(=O)COc3ccccc3)CC2)c2c3c(sc2n1)CCCC3. The Morgan fingerprint density at radius 3 is 2.56 bits per heavy atom. The number of nitrogens with zero attached hydrogens (tertiary/aromatic N) is 4. The monoisotopic (exact) mass is 450 g/mol. The number of fused-ring (bicyclic) bond motifs is 3. The Morgan fingerprint density at radius 2 is 1.81 bits per heavy atom. The van der Waals surface area contributed by atoms with Crippen LogP contribution in [-0.2, 0) is 17.6 Å². The Morgan fingerprint density at radius 1 is 1.06 bits per heavy atom. The zero-order valence-corrected chi connectivity index (χ0v) is 19.7. The third-order valence-corrected chi connectivity index (χ3v) is 7.55. The Hall–Kier alpha value is -2.67. The molecule has 7 heteroatoms. The first-order valence-corrected chi connectivity index (χ1v) is 12.4.